The first-order chi connectivity index (χ1) is 34.0. The van der Waals surface area contributed by atoms with E-state index in [1.807, 2.05) is 0 Å². The highest BCUT2D eigenvalue weighted by Gasteiger charge is 2.21. The Morgan fingerprint density at radius 1 is 0.304 bits per heavy atom. The zero-order valence-corrected chi connectivity index (χ0v) is 47.5. The lowest BCUT2D eigenvalue weighted by Gasteiger charge is -2.23. The molecule has 0 aromatic rings. The lowest BCUT2D eigenvalue weighted by molar-refractivity contribution is -0.125. The van der Waals surface area contributed by atoms with E-state index in [-0.39, 0.29) is 18.9 Å². The first kappa shape index (κ1) is 68.4. The molecular weight excluding hydrogens is 847 g/mol. The third-order valence-electron chi connectivity index (χ3n) is 15.7. The normalized spacial score (nSPS) is 13.1. The van der Waals surface area contributed by atoms with Gasteiger partial charge in [-0.1, -0.05) is 361 Å². The van der Waals surface area contributed by atoms with Crippen molar-refractivity contribution < 1.29 is 20.1 Å². The van der Waals surface area contributed by atoms with Gasteiger partial charge in [0, 0.05) is 0 Å². The molecule has 4 N–H and O–H groups in total. The fourth-order valence-electron chi connectivity index (χ4n) is 10.8. The van der Waals surface area contributed by atoms with Crippen LogP contribution in [-0.2, 0) is 4.79 Å². The maximum absolute atomic E-state index is 12.6. The van der Waals surface area contributed by atoms with Gasteiger partial charge in [-0.25, -0.2) is 0 Å². The van der Waals surface area contributed by atoms with Gasteiger partial charge in [0.1, 0.15) is 0 Å². The largest absolute Gasteiger partial charge is 0.394 e. The Morgan fingerprint density at radius 2 is 0.493 bits per heavy atom. The smallest absolute Gasteiger partial charge is 0.222 e. The van der Waals surface area contributed by atoms with Crippen molar-refractivity contribution in [3.63, 3.8) is 0 Å². The summed E-state index contributed by atoms with van der Waals surface area (Å²) in [6.45, 7) is 4.32. The molecule has 3 atom stereocenters. The van der Waals surface area contributed by atoms with Gasteiger partial charge >= 0.3 is 0 Å². The number of aliphatic hydroxyl groups excluding tert-OH is 3. The Kier molecular flexibility index (Phi) is 59.3. The van der Waals surface area contributed by atoms with E-state index < -0.39 is 18.2 Å². The predicted molar refractivity (Wildman–Crippen MR) is 306 cm³/mol. The van der Waals surface area contributed by atoms with Crippen LogP contribution >= 0.6 is 0 Å². The van der Waals surface area contributed by atoms with Gasteiger partial charge in [-0.3, -0.25) is 4.79 Å². The van der Waals surface area contributed by atoms with Crippen LogP contribution in [0.5, 0.6) is 0 Å². The monoisotopic (exact) mass is 976 g/mol. The number of nitrogens with one attached hydrogen (secondary N) is 1. The summed E-state index contributed by atoms with van der Waals surface area (Å²) >= 11 is 0. The number of carbonyl (C=O) groups is 1. The molecule has 69 heavy (non-hydrogen) atoms. The minimum Gasteiger partial charge on any atom is -0.394 e. The molecule has 0 heterocycles. The average Bonchev–Trinajstić information content (AvgIpc) is 3.35. The minimum absolute atomic E-state index is 0.0439. The van der Waals surface area contributed by atoms with Gasteiger partial charge in [-0.2, -0.15) is 0 Å². The van der Waals surface area contributed by atoms with Gasteiger partial charge < -0.3 is 20.6 Å². The van der Waals surface area contributed by atoms with Crippen molar-refractivity contribution >= 4 is 5.91 Å². The van der Waals surface area contributed by atoms with E-state index in [9.17, 15) is 20.1 Å². The maximum atomic E-state index is 12.6. The van der Waals surface area contributed by atoms with E-state index in [1.165, 1.54) is 321 Å². The summed E-state index contributed by atoms with van der Waals surface area (Å²) in [5, 5.41) is 33.8. The van der Waals surface area contributed by atoms with Crippen LogP contribution in [0.4, 0.5) is 0 Å². The third kappa shape index (κ3) is 56.5. The number of hydrogen-bond donors (Lipinski definition) is 4. The molecule has 0 aromatic carbocycles. The van der Waals surface area contributed by atoms with Gasteiger partial charge in [-0.15, -0.1) is 0 Å². The standard InChI is InChI=1S/C64H129NO4/c1-3-5-7-9-11-13-15-17-19-21-23-25-27-29-30-31-32-33-34-35-37-39-41-43-45-47-49-51-53-55-57-61(67)59-64(69)65-62(60-66)63(68)58-56-54-52-50-48-46-44-42-40-38-36-28-26-24-22-20-18-16-14-12-10-8-6-4-2/h61-63,66-68H,3-60H2,1-2H3,(H,65,69). The number of hydrogen-bond acceptors (Lipinski definition) is 4. The van der Waals surface area contributed by atoms with Crippen LogP contribution < -0.4 is 5.32 Å². The summed E-state index contributed by atoms with van der Waals surface area (Å²) in [5.74, 6) is -0.272. The molecule has 0 saturated heterocycles. The molecule has 0 bridgehead atoms. The quantitative estimate of drug-likeness (QED) is 0.0457. The number of carbonyl (C=O) groups excluding carboxylic acids is 1. The SMILES string of the molecule is CCCCCCCCCCCCCCCCCCCCCCCCCCCCCCCCC(O)CC(=O)NC(CO)C(O)CCCCCCCCCCCCCCCCCCCCCCCCCC. The second kappa shape index (κ2) is 59.9. The molecule has 0 aliphatic heterocycles. The Balaban J connectivity index is 3.44. The number of amides is 1. The first-order valence-electron chi connectivity index (χ1n) is 32.3. The van der Waals surface area contributed by atoms with E-state index in [0.29, 0.717) is 12.8 Å². The molecule has 414 valence electrons. The second-order valence-corrected chi connectivity index (χ2v) is 22.7. The molecule has 0 spiro atoms. The Labute approximate surface area is 434 Å². The summed E-state index contributed by atoms with van der Waals surface area (Å²) in [6.07, 6.45) is 74.4. The van der Waals surface area contributed by atoms with Crippen LogP contribution in [0.2, 0.25) is 0 Å². The van der Waals surface area contributed by atoms with Crippen LogP contribution in [0.1, 0.15) is 380 Å². The van der Waals surface area contributed by atoms with E-state index in [4.69, 9.17) is 0 Å². The summed E-state index contributed by atoms with van der Waals surface area (Å²) < 4.78 is 0. The third-order valence-corrected chi connectivity index (χ3v) is 15.7. The molecule has 0 radical (unpaired) electrons. The van der Waals surface area contributed by atoms with E-state index in [1.54, 1.807) is 0 Å². The van der Waals surface area contributed by atoms with Gasteiger partial charge in [0.05, 0.1) is 31.3 Å². The van der Waals surface area contributed by atoms with Crippen LogP contribution in [0.3, 0.4) is 0 Å². The molecule has 3 unspecified atom stereocenters. The zero-order chi connectivity index (χ0) is 50.0. The number of unbranched alkanes of at least 4 members (excludes halogenated alkanes) is 52. The molecule has 0 fully saturated rings. The van der Waals surface area contributed by atoms with Crippen molar-refractivity contribution in [2.24, 2.45) is 0 Å². The molecule has 1 amide bonds. The molecule has 0 aliphatic rings. The Morgan fingerprint density at radius 3 is 0.696 bits per heavy atom. The molecule has 5 nitrogen and oxygen atoms in total. The van der Waals surface area contributed by atoms with Crippen LogP contribution in [0, 0.1) is 0 Å². The van der Waals surface area contributed by atoms with Crippen molar-refractivity contribution in [1.29, 1.82) is 0 Å². The van der Waals surface area contributed by atoms with Gasteiger partial charge in [-0.05, 0) is 12.8 Å². The molecule has 0 saturated carbocycles. The van der Waals surface area contributed by atoms with Crippen molar-refractivity contribution in [3.05, 3.63) is 0 Å². The minimum atomic E-state index is -0.746. The van der Waals surface area contributed by atoms with Crippen molar-refractivity contribution in [2.45, 2.75) is 398 Å². The summed E-state index contributed by atoms with van der Waals surface area (Å²) in [7, 11) is 0. The number of aliphatic hydroxyl groups is 3. The zero-order valence-electron chi connectivity index (χ0n) is 47.5. The highest BCUT2D eigenvalue weighted by Crippen LogP contribution is 2.20. The second-order valence-electron chi connectivity index (χ2n) is 22.7. The highest BCUT2D eigenvalue weighted by atomic mass is 16.3. The number of rotatable bonds is 61. The summed E-state index contributed by atoms with van der Waals surface area (Å²) in [6, 6.07) is -0.655. The summed E-state index contributed by atoms with van der Waals surface area (Å²) in [4.78, 5) is 12.6. The van der Waals surface area contributed by atoms with Crippen LogP contribution in [-0.4, -0.2) is 46.1 Å². The van der Waals surface area contributed by atoms with Gasteiger partial charge in [0.25, 0.3) is 0 Å². The highest BCUT2D eigenvalue weighted by molar-refractivity contribution is 5.76. The molecular formula is C64H129NO4. The van der Waals surface area contributed by atoms with Crippen molar-refractivity contribution in [1.82, 2.24) is 5.32 Å². The van der Waals surface area contributed by atoms with Crippen LogP contribution in [0.15, 0.2) is 0 Å². The topological polar surface area (TPSA) is 89.8 Å². The lowest BCUT2D eigenvalue weighted by atomic mass is 10.0. The lowest BCUT2D eigenvalue weighted by Crippen LogP contribution is -2.46. The van der Waals surface area contributed by atoms with Gasteiger partial charge in [0.15, 0.2) is 0 Å². The van der Waals surface area contributed by atoms with Crippen LogP contribution in [0.25, 0.3) is 0 Å². The molecule has 5 heteroatoms. The van der Waals surface area contributed by atoms with E-state index >= 15 is 0 Å². The Bertz CT molecular complexity index is 944. The molecule has 0 aliphatic carbocycles. The van der Waals surface area contributed by atoms with Crippen molar-refractivity contribution in [3.8, 4) is 0 Å². The molecule has 0 rings (SSSR count). The first-order valence-corrected chi connectivity index (χ1v) is 32.3. The fraction of sp³-hybridized carbons (Fsp3) is 0.984. The van der Waals surface area contributed by atoms with Gasteiger partial charge in [0.2, 0.25) is 5.91 Å². The average molecular weight is 977 g/mol. The maximum Gasteiger partial charge on any atom is 0.222 e. The fourth-order valence-corrected chi connectivity index (χ4v) is 10.8. The van der Waals surface area contributed by atoms with E-state index in [2.05, 4.69) is 19.2 Å². The summed E-state index contributed by atoms with van der Waals surface area (Å²) in [5.41, 5.74) is 0. The Hall–Kier alpha value is -0.650. The van der Waals surface area contributed by atoms with E-state index in [0.717, 1.165) is 25.7 Å². The molecule has 0 aromatic heterocycles. The van der Waals surface area contributed by atoms with Crippen molar-refractivity contribution in [2.75, 3.05) is 6.61 Å². The predicted octanol–water partition coefficient (Wildman–Crippen LogP) is 20.5.